The lowest BCUT2D eigenvalue weighted by Crippen LogP contribution is -2.35. The van der Waals surface area contributed by atoms with Gasteiger partial charge in [-0.3, -0.25) is 4.90 Å². The Balaban J connectivity index is 1.89. The van der Waals surface area contributed by atoms with Gasteiger partial charge < -0.3 is 10.5 Å². The van der Waals surface area contributed by atoms with Crippen LogP contribution in [-0.4, -0.2) is 18.1 Å². The summed E-state index contributed by atoms with van der Waals surface area (Å²) in [6.45, 7) is -0.0152. The first-order chi connectivity index (χ1) is 14.2. The summed E-state index contributed by atoms with van der Waals surface area (Å²) >= 11 is 5.66. The molecule has 0 spiro atoms. The first kappa shape index (κ1) is 21.4. The van der Waals surface area contributed by atoms with Crippen molar-refractivity contribution in [3.63, 3.8) is 0 Å². The lowest BCUT2D eigenvalue weighted by molar-refractivity contribution is -0.137. The van der Waals surface area contributed by atoms with Gasteiger partial charge in [0.2, 0.25) is 5.88 Å². The number of ether oxygens (including phenoxy) is 1. The third-order valence-electron chi connectivity index (χ3n) is 4.40. The molecule has 9 heteroatoms. The van der Waals surface area contributed by atoms with Crippen LogP contribution in [0.4, 0.5) is 23.7 Å². The van der Waals surface area contributed by atoms with Gasteiger partial charge in [0.05, 0.1) is 24.2 Å². The van der Waals surface area contributed by atoms with E-state index in [1.807, 2.05) is 6.07 Å². The predicted octanol–water partition coefficient (Wildman–Crippen LogP) is 5.51. The van der Waals surface area contributed by atoms with Crippen LogP contribution < -0.4 is 15.4 Å². The second-order valence-corrected chi connectivity index (χ2v) is 6.75. The minimum atomic E-state index is -4.65. The number of hydrogen-bond donors (Lipinski definition) is 1. The van der Waals surface area contributed by atoms with Crippen LogP contribution in [0.25, 0.3) is 11.1 Å². The maximum absolute atomic E-state index is 13.2. The van der Waals surface area contributed by atoms with Crippen molar-refractivity contribution < 1.29 is 22.7 Å². The number of halogens is 4. The average Bonchev–Trinajstić information content (AvgIpc) is 2.72. The fourth-order valence-electron chi connectivity index (χ4n) is 2.94. The van der Waals surface area contributed by atoms with E-state index < -0.39 is 22.8 Å². The smallest absolute Gasteiger partial charge is 0.417 e. The van der Waals surface area contributed by atoms with E-state index in [1.165, 1.54) is 13.2 Å². The maximum atomic E-state index is 13.2. The number of rotatable bonds is 5. The Morgan fingerprint density at radius 1 is 1.17 bits per heavy atom. The summed E-state index contributed by atoms with van der Waals surface area (Å²) in [5, 5.41) is -0.453. The number of aromatic nitrogens is 1. The number of amides is 2. The number of nitrogens with two attached hydrogens (primary N) is 1. The fraction of sp³-hybridized carbons (Fsp3) is 0.143. The van der Waals surface area contributed by atoms with Crippen LogP contribution in [0.1, 0.15) is 11.1 Å². The minimum absolute atomic E-state index is 0.00256. The van der Waals surface area contributed by atoms with E-state index in [1.54, 1.807) is 36.5 Å². The minimum Gasteiger partial charge on any atom is -0.481 e. The molecule has 0 aliphatic carbocycles. The molecule has 0 unspecified atom stereocenters. The molecular weight excluding hydrogens is 419 g/mol. The van der Waals surface area contributed by atoms with Gasteiger partial charge in [0.25, 0.3) is 0 Å². The Morgan fingerprint density at radius 3 is 2.47 bits per heavy atom. The Labute approximate surface area is 175 Å². The molecule has 0 atom stereocenters. The van der Waals surface area contributed by atoms with Crippen LogP contribution in [0.5, 0.6) is 5.88 Å². The SMILES string of the molecule is COc1ncccc1-c1ccc(CN(C(N)=O)c2ccc(Cl)c(C(F)(F)F)c2)cc1. The van der Waals surface area contributed by atoms with Crippen LogP contribution in [0.2, 0.25) is 5.02 Å². The summed E-state index contributed by atoms with van der Waals surface area (Å²) in [4.78, 5) is 17.1. The highest BCUT2D eigenvalue weighted by Gasteiger charge is 2.34. The zero-order chi connectivity index (χ0) is 21.9. The van der Waals surface area contributed by atoms with E-state index in [-0.39, 0.29) is 12.2 Å². The number of anilines is 1. The number of methoxy groups -OCH3 is 1. The Kier molecular flexibility index (Phi) is 6.17. The molecule has 0 aliphatic heterocycles. The molecule has 0 fully saturated rings. The zero-order valence-corrected chi connectivity index (χ0v) is 16.5. The maximum Gasteiger partial charge on any atom is 0.417 e. The van der Waals surface area contributed by atoms with Crippen molar-refractivity contribution in [1.82, 2.24) is 4.98 Å². The highest BCUT2D eigenvalue weighted by Crippen LogP contribution is 2.37. The van der Waals surface area contributed by atoms with E-state index >= 15 is 0 Å². The highest BCUT2D eigenvalue weighted by atomic mass is 35.5. The molecule has 0 radical (unpaired) electrons. The van der Waals surface area contributed by atoms with Crippen molar-refractivity contribution in [3.05, 3.63) is 76.9 Å². The largest absolute Gasteiger partial charge is 0.481 e. The van der Waals surface area contributed by atoms with Gasteiger partial charge >= 0.3 is 12.2 Å². The topological polar surface area (TPSA) is 68.4 Å². The van der Waals surface area contributed by atoms with Gasteiger partial charge in [-0.2, -0.15) is 13.2 Å². The van der Waals surface area contributed by atoms with Gasteiger partial charge in [0.1, 0.15) is 0 Å². The molecule has 156 valence electrons. The van der Waals surface area contributed by atoms with Crippen molar-refractivity contribution in [2.45, 2.75) is 12.7 Å². The molecule has 3 rings (SSSR count). The summed E-state index contributed by atoms with van der Waals surface area (Å²) < 4.78 is 44.7. The monoisotopic (exact) mass is 435 g/mol. The van der Waals surface area contributed by atoms with E-state index in [4.69, 9.17) is 22.1 Å². The molecule has 0 saturated carbocycles. The van der Waals surface area contributed by atoms with Crippen molar-refractivity contribution in [1.29, 1.82) is 0 Å². The quantitative estimate of drug-likeness (QED) is 0.574. The number of nitrogens with zero attached hydrogens (tertiary/aromatic N) is 2. The molecule has 0 bridgehead atoms. The van der Waals surface area contributed by atoms with E-state index in [9.17, 15) is 18.0 Å². The van der Waals surface area contributed by atoms with Crippen LogP contribution >= 0.6 is 11.6 Å². The number of carbonyl (C=O) groups is 1. The molecule has 0 saturated heterocycles. The molecule has 2 amide bonds. The number of carbonyl (C=O) groups excluding carboxylic acids is 1. The van der Waals surface area contributed by atoms with Crippen LogP contribution in [-0.2, 0) is 12.7 Å². The molecule has 1 heterocycles. The molecule has 0 aliphatic rings. The van der Waals surface area contributed by atoms with E-state index in [0.717, 1.165) is 28.2 Å². The second kappa shape index (κ2) is 8.62. The third-order valence-corrected chi connectivity index (χ3v) is 4.73. The Hall–Kier alpha value is -3.26. The standard InChI is InChI=1S/C21H17ClF3N3O2/c1-30-19-16(3-2-10-27-19)14-6-4-13(5-7-14)12-28(20(26)29)15-8-9-18(22)17(11-15)21(23,24)25/h2-11H,12H2,1H3,(H2,26,29). The molecule has 2 N–H and O–H groups in total. The number of urea groups is 1. The van der Waals surface area contributed by atoms with Gasteiger partial charge in [-0.1, -0.05) is 35.9 Å². The molecule has 5 nitrogen and oxygen atoms in total. The normalized spacial score (nSPS) is 11.2. The number of benzene rings is 2. The van der Waals surface area contributed by atoms with Gasteiger partial charge in [-0.25, -0.2) is 9.78 Å². The number of pyridine rings is 1. The lowest BCUT2D eigenvalue weighted by atomic mass is 10.0. The van der Waals surface area contributed by atoms with Gasteiger partial charge in [-0.15, -0.1) is 0 Å². The molecular formula is C21H17ClF3N3O2. The summed E-state index contributed by atoms with van der Waals surface area (Å²) in [5.74, 6) is 0.463. The van der Waals surface area contributed by atoms with Crippen LogP contribution in [0, 0.1) is 0 Å². The molecule has 2 aromatic carbocycles. The average molecular weight is 436 g/mol. The van der Waals surface area contributed by atoms with Gasteiger partial charge in [0, 0.05) is 17.4 Å². The number of primary amides is 1. The van der Waals surface area contributed by atoms with Gasteiger partial charge in [-0.05, 0) is 41.5 Å². The second-order valence-electron chi connectivity index (χ2n) is 6.34. The fourth-order valence-corrected chi connectivity index (χ4v) is 3.16. The molecule has 30 heavy (non-hydrogen) atoms. The van der Waals surface area contributed by atoms with Gasteiger partial charge in [0.15, 0.2) is 0 Å². The van der Waals surface area contributed by atoms with Crippen molar-refractivity contribution in [3.8, 4) is 17.0 Å². The summed E-state index contributed by atoms with van der Waals surface area (Å²) in [5.41, 5.74) is 6.67. The lowest BCUT2D eigenvalue weighted by Gasteiger charge is -2.22. The van der Waals surface area contributed by atoms with Crippen LogP contribution in [0.3, 0.4) is 0 Å². The first-order valence-corrected chi connectivity index (χ1v) is 9.10. The summed E-state index contributed by atoms with van der Waals surface area (Å²) in [6, 6.07) is 13.1. The molecule has 3 aromatic rings. The Bertz CT molecular complexity index is 1060. The van der Waals surface area contributed by atoms with Crippen molar-refractivity contribution >= 4 is 23.3 Å². The van der Waals surface area contributed by atoms with Crippen molar-refractivity contribution in [2.24, 2.45) is 5.73 Å². The third kappa shape index (κ3) is 4.65. The van der Waals surface area contributed by atoms with Crippen LogP contribution in [0.15, 0.2) is 60.8 Å². The predicted molar refractivity (Wildman–Crippen MR) is 108 cm³/mol. The van der Waals surface area contributed by atoms with Crippen molar-refractivity contribution in [2.75, 3.05) is 12.0 Å². The molecule has 1 aromatic heterocycles. The zero-order valence-electron chi connectivity index (χ0n) is 15.8. The highest BCUT2D eigenvalue weighted by molar-refractivity contribution is 6.31. The summed E-state index contributed by atoms with van der Waals surface area (Å²) in [6.07, 6.45) is -3.04. The number of hydrogen-bond acceptors (Lipinski definition) is 3. The number of alkyl halides is 3. The Morgan fingerprint density at radius 2 is 1.87 bits per heavy atom. The first-order valence-electron chi connectivity index (χ1n) is 8.72. The summed E-state index contributed by atoms with van der Waals surface area (Å²) in [7, 11) is 1.52. The van der Waals surface area contributed by atoms with E-state index in [0.29, 0.717) is 11.4 Å². The van der Waals surface area contributed by atoms with E-state index in [2.05, 4.69) is 4.98 Å².